The van der Waals surface area contributed by atoms with Gasteiger partial charge in [-0.3, -0.25) is 5.41 Å². The molecule has 3 heteroatoms. The molecule has 1 N–H and O–H groups in total. The maximum Gasteiger partial charge on any atom is 0.124 e. The SMILES string of the molecule is CC(C)(C)C(=N)N1CCOc2ccccc2C1. The van der Waals surface area contributed by atoms with E-state index in [0.29, 0.717) is 12.4 Å². The quantitative estimate of drug-likeness (QED) is 0.551. The van der Waals surface area contributed by atoms with Crippen LogP contribution in [0.3, 0.4) is 0 Å². The average Bonchev–Trinajstić information content (AvgIpc) is 2.48. The predicted octanol–water partition coefficient (Wildman–Crippen LogP) is 2.90. The van der Waals surface area contributed by atoms with Gasteiger partial charge in [0, 0.05) is 17.5 Å². The third kappa shape index (κ3) is 2.60. The molecule has 1 aliphatic heterocycles. The number of para-hydroxylation sites is 1. The Balaban J connectivity index is 2.22. The van der Waals surface area contributed by atoms with Crippen LogP contribution in [0.1, 0.15) is 26.3 Å². The van der Waals surface area contributed by atoms with E-state index in [1.54, 1.807) is 0 Å². The molecule has 3 nitrogen and oxygen atoms in total. The van der Waals surface area contributed by atoms with E-state index in [1.807, 2.05) is 18.2 Å². The standard InChI is InChI=1S/C14H20N2O/c1-14(2,3)13(15)16-8-9-17-12-7-5-4-6-11(12)10-16/h4-7,15H,8-10H2,1-3H3. The highest BCUT2D eigenvalue weighted by molar-refractivity contribution is 5.84. The van der Waals surface area contributed by atoms with Crippen LogP contribution < -0.4 is 4.74 Å². The zero-order chi connectivity index (χ0) is 12.5. The van der Waals surface area contributed by atoms with Crippen LogP contribution in [-0.2, 0) is 6.54 Å². The second-order valence-corrected chi connectivity index (χ2v) is 5.48. The van der Waals surface area contributed by atoms with Gasteiger partial charge >= 0.3 is 0 Å². The van der Waals surface area contributed by atoms with E-state index in [9.17, 15) is 0 Å². The van der Waals surface area contributed by atoms with Crippen molar-refractivity contribution in [3.8, 4) is 5.75 Å². The molecule has 0 amide bonds. The topological polar surface area (TPSA) is 36.3 Å². The van der Waals surface area contributed by atoms with Crippen LogP contribution >= 0.6 is 0 Å². The highest BCUT2D eigenvalue weighted by atomic mass is 16.5. The molecule has 1 aromatic rings. The molecule has 1 aliphatic rings. The van der Waals surface area contributed by atoms with Crippen LogP contribution in [0.5, 0.6) is 5.75 Å². The van der Waals surface area contributed by atoms with Crippen molar-refractivity contribution in [3.63, 3.8) is 0 Å². The fraction of sp³-hybridized carbons (Fsp3) is 0.500. The van der Waals surface area contributed by atoms with Gasteiger partial charge in [-0.2, -0.15) is 0 Å². The maximum atomic E-state index is 8.24. The lowest BCUT2D eigenvalue weighted by Crippen LogP contribution is -2.39. The molecule has 0 radical (unpaired) electrons. The molecule has 0 aliphatic carbocycles. The predicted molar refractivity (Wildman–Crippen MR) is 69.5 cm³/mol. The Morgan fingerprint density at radius 3 is 2.71 bits per heavy atom. The summed E-state index contributed by atoms with van der Waals surface area (Å²) in [5.74, 6) is 1.63. The normalized spacial score (nSPS) is 15.8. The number of ether oxygens (including phenoxy) is 1. The summed E-state index contributed by atoms with van der Waals surface area (Å²) in [5, 5.41) is 8.24. The summed E-state index contributed by atoms with van der Waals surface area (Å²) in [4.78, 5) is 2.10. The van der Waals surface area contributed by atoms with Crippen molar-refractivity contribution in [2.45, 2.75) is 27.3 Å². The van der Waals surface area contributed by atoms with E-state index in [0.717, 1.165) is 18.8 Å². The lowest BCUT2D eigenvalue weighted by atomic mass is 9.94. The molecule has 0 spiro atoms. The van der Waals surface area contributed by atoms with E-state index in [1.165, 1.54) is 5.56 Å². The molecule has 0 saturated heterocycles. The van der Waals surface area contributed by atoms with Crippen LogP contribution in [-0.4, -0.2) is 23.9 Å². The van der Waals surface area contributed by atoms with Crippen LogP contribution in [0.25, 0.3) is 0 Å². The molecule has 17 heavy (non-hydrogen) atoms. The van der Waals surface area contributed by atoms with Gasteiger partial charge in [0.15, 0.2) is 0 Å². The number of nitrogens with zero attached hydrogens (tertiary/aromatic N) is 1. The van der Waals surface area contributed by atoms with Crippen LogP contribution in [0, 0.1) is 10.8 Å². The zero-order valence-electron chi connectivity index (χ0n) is 10.8. The van der Waals surface area contributed by atoms with Crippen molar-refractivity contribution in [1.29, 1.82) is 5.41 Å². The highest BCUT2D eigenvalue weighted by Gasteiger charge is 2.25. The monoisotopic (exact) mass is 232 g/mol. The molecule has 0 unspecified atom stereocenters. The summed E-state index contributed by atoms with van der Waals surface area (Å²) in [6.07, 6.45) is 0. The van der Waals surface area contributed by atoms with Gasteiger partial charge in [0.1, 0.15) is 18.2 Å². The number of fused-ring (bicyclic) bond motifs is 1. The van der Waals surface area contributed by atoms with Crippen molar-refractivity contribution < 1.29 is 4.74 Å². The van der Waals surface area contributed by atoms with Crippen LogP contribution in [0.4, 0.5) is 0 Å². The molecule has 0 atom stereocenters. The Morgan fingerprint density at radius 1 is 1.29 bits per heavy atom. The van der Waals surface area contributed by atoms with Crippen molar-refractivity contribution in [3.05, 3.63) is 29.8 Å². The fourth-order valence-corrected chi connectivity index (χ4v) is 1.99. The summed E-state index contributed by atoms with van der Waals surface area (Å²) >= 11 is 0. The highest BCUT2D eigenvalue weighted by Crippen LogP contribution is 2.25. The Labute approximate surface area is 103 Å². The van der Waals surface area contributed by atoms with Gasteiger partial charge < -0.3 is 9.64 Å². The summed E-state index contributed by atoms with van der Waals surface area (Å²) in [6, 6.07) is 8.08. The van der Waals surface area contributed by atoms with Gasteiger partial charge in [-0.15, -0.1) is 0 Å². The van der Waals surface area contributed by atoms with Gasteiger partial charge in [-0.25, -0.2) is 0 Å². The van der Waals surface area contributed by atoms with Crippen LogP contribution in [0.15, 0.2) is 24.3 Å². The smallest absolute Gasteiger partial charge is 0.124 e. The maximum absolute atomic E-state index is 8.24. The molecule has 92 valence electrons. The molecular formula is C14H20N2O. The Morgan fingerprint density at radius 2 is 2.00 bits per heavy atom. The third-order valence-corrected chi connectivity index (χ3v) is 2.98. The molecule has 1 aromatic carbocycles. The second-order valence-electron chi connectivity index (χ2n) is 5.48. The number of rotatable bonds is 0. The summed E-state index contributed by atoms with van der Waals surface area (Å²) in [6.45, 7) is 8.43. The van der Waals surface area contributed by atoms with E-state index in [2.05, 4.69) is 31.7 Å². The summed E-state index contributed by atoms with van der Waals surface area (Å²) < 4.78 is 5.70. The molecule has 2 rings (SSSR count). The summed E-state index contributed by atoms with van der Waals surface area (Å²) in [7, 11) is 0. The largest absolute Gasteiger partial charge is 0.491 e. The van der Waals surface area contributed by atoms with E-state index >= 15 is 0 Å². The third-order valence-electron chi connectivity index (χ3n) is 2.98. The van der Waals surface area contributed by atoms with Crippen molar-refractivity contribution in [1.82, 2.24) is 4.90 Å². The van der Waals surface area contributed by atoms with Crippen molar-refractivity contribution in [2.75, 3.05) is 13.2 Å². The van der Waals surface area contributed by atoms with Gasteiger partial charge in [-0.1, -0.05) is 39.0 Å². The average molecular weight is 232 g/mol. The number of hydrogen-bond acceptors (Lipinski definition) is 2. The Bertz CT molecular complexity index is 420. The lowest BCUT2D eigenvalue weighted by Gasteiger charge is -2.31. The van der Waals surface area contributed by atoms with E-state index in [4.69, 9.17) is 10.1 Å². The first-order valence-corrected chi connectivity index (χ1v) is 6.03. The van der Waals surface area contributed by atoms with Crippen molar-refractivity contribution in [2.24, 2.45) is 5.41 Å². The van der Waals surface area contributed by atoms with Crippen molar-refractivity contribution >= 4 is 5.84 Å². The van der Waals surface area contributed by atoms with Crippen LogP contribution in [0.2, 0.25) is 0 Å². The van der Waals surface area contributed by atoms with Gasteiger partial charge in [0.25, 0.3) is 0 Å². The molecular weight excluding hydrogens is 212 g/mol. The second kappa shape index (κ2) is 4.40. The lowest BCUT2D eigenvalue weighted by molar-refractivity contribution is 0.278. The first kappa shape index (κ1) is 12.0. The number of hydrogen-bond donors (Lipinski definition) is 1. The van der Waals surface area contributed by atoms with Gasteiger partial charge in [-0.05, 0) is 6.07 Å². The molecule has 0 bridgehead atoms. The number of nitrogens with one attached hydrogen (secondary N) is 1. The fourth-order valence-electron chi connectivity index (χ4n) is 1.99. The molecule has 1 heterocycles. The molecule has 0 saturated carbocycles. The summed E-state index contributed by atoms with van der Waals surface area (Å²) in [5.41, 5.74) is 1.05. The zero-order valence-corrected chi connectivity index (χ0v) is 10.8. The number of benzene rings is 1. The Hall–Kier alpha value is -1.51. The first-order valence-electron chi connectivity index (χ1n) is 6.03. The van der Waals surface area contributed by atoms with E-state index < -0.39 is 0 Å². The first-order chi connectivity index (χ1) is 7.98. The number of amidine groups is 1. The minimum atomic E-state index is -0.112. The van der Waals surface area contributed by atoms with Gasteiger partial charge in [0.2, 0.25) is 0 Å². The minimum absolute atomic E-state index is 0.112. The minimum Gasteiger partial charge on any atom is -0.491 e. The van der Waals surface area contributed by atoms with E-state index in [-0.39, 0.29) is 5.41 Å². The molecule has 0 fully saturated rings. The Kier molecular flexibility index (Phi) is 3.09. The molecule has 0 aromatic heterocycles. The van der Waals surface area contributed by atoms with Gasteiger partial charge in [0.05, 0.1) is 6.54 Å².